The van der Waals surface area contributed by atoms with Crippen molar-refractivity contribution in [1.82, 2.24) is 15.5 Å². The Morgan fingerprint density at radius 1 is 1.17 bits per heavy atom. The van der Waals surface area contributed by atoms with E-state index in [0.29, 0.717) is 25.1 Å². The molecule has 0 spiro atoms. The molecule has 0 radical (unpaired) electrons. The largest absolute Gasteiger partial charge is 0.366 e. The topological polar surface area (TPSA) is 87.7 Å². The van der Waals surface area contributed by atoms with E-state index in [1.54, 1.807) is 12.1 Å². The predicted octanol–water partition coefficient (Wildman–Crippen LogP) is 1.77. The Kier molecular flexibility index (Phi) is 7.61. The number of likely N-dealkylation sites (tertiary alicyclic amines) is 1. The lowest BCUT2D eigenvalue weighted by Gasteiger charge is -2.27. The van der Waals surface area contributed by atoms with Crippen molar-refractivity contribution in [2.75, 3.05) is 32.8 Å². The van der Waals surface area contributed by atoms with Gasteiger partial charge in [-0.05, 0) is 49.9 Å². The van der Waals surface area contributed by atoms with Crippen LogP contribution in [0.1, 0.15) is 49.9 Å². The van der Waals surface area contributed by atoms with Crippen LogP contribution in [0.4, 0.5) is 0 Å². The lowest BCUT2D eigenvalue weighted by Crippen LogP contribution is -2.49. The average Bonchev–Trinajstić information content (AvgIpc) is 3.33. The van der Waals surface area contributed by atoms with Crippen molar-refractivity contribution in [2.45, 2.75) is 51.7 Å². The Bertz CT molecular complexity index is 744. The van der Waals surface area contributed by atoms with Crippen LogP contribution in [0.3, 0.4) is 0 Å². The molecule has 2 atom stereocenters. The summed E-state index contributed by atoms with van der Waals surface area (Å²) >= 11 is 0. The van der Waals surface area contributed by atoms with Gasteiger partial charge in [-0.1, -0.05) is 32.0 Å². The molecule has 0 saturated carbocycles. The van der Waals surface area contributed by atoms with E-state index in [9.17, 15) is 14.4 Å². The molecule has 2 saturated heterocycles. The van der Waals surface area contributed by atoms with Crippen molar-refractivity contribution in [3.8, 4) is 0 Å². The first-order valence-electron chi connectivity index (χ1n) is 10.8. The Balaban J connectivity index is 1.44. The summed E-state index contributed by atoms with van der Waals surface area (Å²) in [5, 5.41) is 5.81. The van der Waals surface area contributed by atoms with Crippen LogP contribution in [0, 0.1) is 5.41 Å². The second-order valence-electron chi connectivity index (χ2n) is 9.08. The monoisotopic (exact) mass is 415 g/mol. The van der Waals surface area contributed by atoms with E-state index < -0.39 is 6.04 Å². The molecule has 7 heteroatoms. The van der Waals surface area contributed by atoms with Gasteiger partial charge in [-0.3, -0.25) is 14.4 Å². The molecule has 0 aliphatic carbocycles. The number of nitrogens with zero attached hydrogens (tertiary/aromatic N) is 1. The van der Waals surface area contributed by atoms with Crippen LogP contribution in [0.15, 0.2) is 30.3 Å². The lowest BCUT2D eigenvalue weighted by atomic mass is 9.85. The Morgan fingerprint density at radius 3 is 2.57 bits per heavy atom. The van der Waals surface area contributed by atoms with Gasteiger partial charge in [0.15, 0.2) is 5.78 Å². The molecule has 7 nitrogen and oxygen atoms in total. The highest BCUT2D eigenvalue weighted by molar-refractivity contribution is 5.94. The quantitative estimate of drug-likeness (QED) is 0.642. The van der Waals surface area contributed by atoms with E-state index in [2.05, 4.69) is 15.5 Å². The second kappa shape index (κ2) is 10.2. The van der Waals surface area contributed by atoms with Gasteiger partial charge in [0, 0.05) is 25.1 Å². The molecule has 2 aliphatic rings. The molecule has 1 aromatic rings. The minimum absolute atomic E-state index is 0.0551. The fourth-order valence-electron chi connectivity index (χ4n) is 4.09. The fourth-order valence-corrected chi connectivity index (χ4v) is 4.09. The average molecular weight is 416 g/mol. The summed E-state index contributed by atoms with van der Waals surface area (Å²) in [5.41, 5.74) is 0.318. The van der Waals surface area contributed by atoms with Gasteiger partial charge < -0.3 is 20.3 Å². The molecular formula is C23H33N3O4. The Hall–Kier alpha value is -2.25. The number of ether oxygens (including phenoxy) is 1. The zero-order chi connectivity index (χ0) is 21.6. The van der Waals surface area contributed by atoms with Gasteiger partial charge >= 0.3 is 0 Å². The highest BCUT2D eigenvalue weighted by atomic mass is 16.5. The molecule has 3 rings (SSSR count). The van der Waals surface area contributed by atoms with Crippen molar-refractivity contribution in [1.29, 1.82) is 0 Å². The summed E-state index contributed by atoms with van der Waals surface area (Å²) in [7, 11) is 0. The molecule has 2 N–H and O–H groups in total. The van der Waals surface area contributed by atoms with Gasteiger partial charge in [0.25, 0.3) is 5.91 Å². The summed E-state index contributed by atoms with van der Waals surface area (Å²) in [4.78, 5) is 39.3. The van der Waals surface area contributed by atoms with E-state index in [1.807, 2.05) is 32.0 Å². The van der Waals surface area contributed by atoms with Crippen molar-refractivity contribution in [3.63, 3.8) is 0 Å². The van der Waals surface area contributed by atoms with Gasteiger partial charge in [0.05, 0.1) is 6.10 Å². The third kappa shape index (κ3) is 6.37. The molecule has 1 aromatic carbocycles. The molecule has 2 amide bonds. The summed E-state index contributed by atoms with van der Waals surface area (Å²) in [6, 6.07) is 8.50. The van der Waals surface area contributed by atoms with Gasteiger partial charge in [-0.2, -0.15) is 0 Å². The van der Waals surface area contributed by atoms with Crippen molar-refractivity contribution in [2.24, 2.45) is 5.41 Å². The number of carbonyl (C=O) groups is 3. The van der Waals surface area contributed by atoms with Gasteiger partial charge in [-0.15, -0.1) is 0 Å². The first kappa shape index (κ1) is 22.4. The number of rotatable bonds is 9. The van der Waals surface area contributed by atoms with Crippen LogP contribution >= 0.6 is 0 Å². The molecule has 0 aromatic heterocycles. The van der Waals surface area contributed by atoms with Gasteiger partial charge in [0.2, 0.25) is 5.91 Å². The Morgan fingerprint density at radius 2 is 1.87 bits per heavy atom. The van der Waals surface area contributed by atoms with E-state index in [0.717, 1.165) is 13.1 Å². The van der Waals surface area contributed by atoms with Crippen LogP contribution in [0.2, 0.25) is 0 Å². The number of hydrogen-bond acceptors (Lipinski definition) is 5. The molecule has 164 valence electrons. The summed E-state index contributed by atoms with van der Waals surface area (Å²) in [6.07, 6.45) is 3.02. The number of hydrogen-bond donors (Lipinski definition) is 2. The number of carbonyl (C=O) groups excluding carboxylic acids is 3. The molecule has 2 aliphatic heterocycles. The highest BCUT2D eigenvalue weighted by Gasteiger charge is 2.38. The lowest BCUT2D eigenvalue weighted by molar-refractivity contribution is -0.127. The van der Waals surface area contributed by atoms with Crippen LogP contribution in [-0.4, -0.2) is 67.4 Å². The summed E-state index contributed by atoms with van der Waals surface area (Å²) in [6.45, 7) is 7.28. The first-order chi connectivity index (χ1) is 14.3. The second-order valence-corrected chi connectivity index (χ2v) is 9.08. The summed E-state index contributed by atoms with van der Waals surface area (Å²) < 4.78 is 5.65. The molecule has 0 bridgehead atoms. The maximum atomic E-state index is 12.6. The number of amides is 2. The van der Waals surface area contributed by atoms with Crippen LogP contribution in [0.5, 0.6) is 0 Å². The zero-order valence-electron chi connectivity index (χ0n) is 18.0. The Labute approximate surface area is 178 Å². The number of ketones is 1. The fraction of sp³-hybridized carbons (Fsp3) is 0.609. The SMILES string of the molecule is CC(C)(CCNC(=O)c1ccccc1)CC(=O)NC1C(=O)COC1CN1CCCC1. The molecule has 2 unspecified atom stereocenters. The summed E-state index contributed by atoms with van der Waals surface area (Å²) in [5.74, 6) is -0.320. The maximum absolute atomic E-state index is 12.6. The van der Waals surface area contributed by atoms with Crippen LogP contribution in [-0.2, 0) is 14.3 Å². The molecule has 2 heterocycles. The van der Waals surface area contributed by atoms with Crippen molar-refractivity contribution in [3.05, 3.63) is 35.9 Å². The van der Waals surface area contributed by atoms with Gasteiger partial charge in [-0.25, -0.2) is 0 Å². The normalized spacial score (nSPS) is 22.3. The van der Waals surface area contributed by atoms with E-state index in [4.69, 9.17) is 4.74 Å². The molecule has 30 heavy (non-hydrogen) atoms. The molecular weight excluding hydrogens is 382 g/mol. The minimum atomic E-state index is -0.563. The van der Waals surface area contributed by atoms with E-state index in [-0.39, 0.29) is 42.1 Å². The van der Waals surface area contributed by atoms with E-state index in [1.165, 1.54) is 12.8 Å². The third-order valence-corrected chi connectivity index (χ3v) is 5.87. The number of Topliss-reactive ketones (excluding diaryl/α,β-unsaturated/α-hetero) is 1. The predicted molar refractivity (Wildman–Crippen MR) is 114 cm³/mol. The highest BCUT2D eigenvalue weighted by Crippen LogP contribution is 2.25. The standard InChI is InChI=1S/C23H33N3O4/c1-23(2,10-11-24-22(29)17-8-4-3-5-9-17)14-20(28)25-21-18(27)16-30-19(21)15-26-12-6-7-13-26/h3-5,8-9,19,21H,6-7,10-16H2,1-2H3,(H,24,29)(H,25,28). The molecule has 2 fully saturated rings. The number of benzene rings is 1. The van der Waals surface area contributed by atoms with Crippen molar-refractivity contribution >= 4 is 17.6 Å². The zero-order valence-corrected chi connectivity index (χ0v) is 18.0. The first-order valence-corrected chi connectivity index (χ1v) is 10.8. The number of nitrogens with one attached hydrogen (secondary N) is 2. The van der Waals surface area contributed by atoms with Crippen molar-refractivity contribution < 1.29 is 19.1 Å². The van der Waals surface area contributed by atoms with Crippen LogP contribution in [0.25, 0.3) is 0 Å². The maximum Gasteiger partial charge on any atom is 0.251 e. The van der Waals surface area contributed by atoms with Crippen LogP contribution < -0.4 is 10.6 Å². The van der Waals surface area contributed by atoms with E-state index >= 15 is 0 Å². The smallest absolute Gasteiger partial charge is 0.251 e. The minimum Gasteiger partial charge on any atom is -0.366 e. The third-order valence-electron chi connectivity index (χ3n) is 5.87. The van der Waals surface area contributed by atoms with Gasteiger partial charge in [0.1, 0.15) is 12.6 Å².